The van der Waals surface area contributed by atoms with Crippen LogP contribution in [0, 0.1) is 6.92 Å². The summed E-state index contributed by atoms with van der Waals surface area (Å²) in [6.45, 7) is 2.37. The van der Waals surface area contributed by atoms with Gasteiger partial charge in [0.1, 0.15) is 5.15 Å². The molecule has 4 nitrogen and oxygen atoms in total. The lowest BCUT2D eigenvalue weighted by molar-refractivity contribution is -0.120. The Kier molecular flexibility index (Phi) is 4.28. The van der Waals surface area contributed by atoms with E-state index in [1.165, 1.54) is 0 Å². The first-order chi connectivity index (χ1) is 8.63. The van der Waals surface area contributed by atoms with Crippen LogP contribution in [-0.4, -0.2) is 15.9 Å². The van der Waals surface area contributed by atoms with Crippen molar-refractivity contribution in [1.29, 1.82) is 0 Å². The summed E-state index contributed by atoms with van der Waals surface area (Å²) in [6, 6.07) is 3.54. The second-order valence-electron chi connectivity index (χ2n) is 3.80. The lowest BCUT2D eigenvalue weighted by atomic mass is 10.2. The van der Waals surface area contributed by atoms with Gasteiger partial charge in [0, 0.05) is 18.1 Å². The van der Waals surface area contributed by atoms with E-state index < -0.39 is 0 Å². The molecule has 1 amide bonds. The topological polar surface area (TPSA) is 54.9 Å². The number of hydrogen-bond acceptors (Lipinski definition) is 4. The summed E-state index contributed by atoms with van der Waals surface area (Å²) < 4.78 is 0. The summed E-state index contributed by atoms with van der Waals surface area (Å²) in [4.78, 5) is 19.9. The summed E-state index contributed by atoms with van der Waals surface area (Å²) >= 11 is 7.23. The molecule has 0 atom stereocenters. The first-order valence-electron chi connectivity index (χ1n) is 5.41. The number of halogens is 1. The summed E-state index contributed by atoms with van der Waals surface area (Å²) in [5.41, 5.74) is 1.73. The number of hydrogen-bond donors (Lipinski definition) is 1. The van der Waals surface area contributed by atoms with Crippen LogP contribution in [0.2, 0.25) is 5.15 Å². The van der Waals surface area contributed by atoms with Gasteiger partial charge in [0.05, 0.1) is 17.1 Å². The molecule has 2 heterocycles. The Bertz CT molecular complexity index is 539. The SMILES string of the molecule is Cc1nc(CC(=O)NCc2ccc(Cl)nc2)cs1. The summed E-state index contributed by atoms with van der Waals surface area (Å²) in [7, 11) is 0. The fourth-order valence-electron chi connectivity index (χ4n) is 1.43. The quantitative estimate of drug-likeness (QED) is 0.876. The van der Waals surface area contributed by atoms with Crippen molar-refractivity contribution in [3.63, 3.8) is 0 Å². The standard InChI is InChI=1S/C12H12ClN3OS/c1-8-16-10(7-18-8)4-12(17)15-6-9-2-3-11(13)14-5-9/h2-3,5,7H,4,6H2,1H3,(H,15,17). The van der Waals surface area contributed by atoms with Crippen molar-refractivity contribution in [2.75, 3.05) is 0 Å². The predicted octanol–water partition coefficient (Wildman–Crippen LogP) is 2.36. The second kappa shape index (κ2) is 5.93. The van der Waals surface area contributed by atoms with Gasteiger partial charge in [-0.1, -0.05) is 17.7 Å². The zero-order valence-corrected chi connectivity index (χ0v) is 11.4. The molecule has 0 fully saturated rings. The molecule has 0 aromatic carbocycles. The maximum atomic E-state index is 11.7. The zero-order chi connectivity index (χ0) is 13.0. The lowest BCUT2D eigenvalue weighted by Gasteiger charge is -2.03. The Morgan fingerprint density at radius 1 is 1.50 bits per heavy atom. The number of aryl methyl sites for hydroxylation is 1. The van der Waals surface area contributed by atoms with Crippen LogP contribution < -0.4 is 5.32 Å². The molecule has 2 aromatic rings. The summed E-state index contributed by atoms with van der Waals surface area (Å²) in [5, 5.41) is 6.14. The van der Waals surface area contributed by atoms with E-state index in [2.05, 4.69) is 15.3 Å². The van der Waals surface area contributed by atoms with Crippen molar-refractivity contribution in [1.82, 2.24) is 15.3 Å². The number of amides is 1. The van der Waals surface area contributed by atoms with Gasteiger partial charge >= 0.3 is 0 Å². The molecule has 94 valence electrons. The predicted molar refractivity (Wildman–Crippen MR) is 71.6 cm³/mol. The van der Waals surface area contributed by atoms with Crippen molar-refractivity contribution >= 4 is 28.8 Å². The van der Waals surface area contributed by atoms with Gasteiger partial charge in [0.15, 0.2) is 0 Å². The Morgan fingerprint density at radius 3 is 2.94 bits per heavy atom. The molecule has 0 unspecified atom stereocenters. The highest BCUT2D eigenvalue weighted by Crippen LogP contribution is 2.08. The Morgan fingerprint density at radius 2 is 2.33 bits per heavy atom. The van der Waals surface area contributed by atoms with Crippen LogP contribution in [0.25, 0.3) is 0 Å². The first kappa shape index (κ1) is 13.0. The number of carbonyl (C=O) groups is 1. The third-order valence-corrected chi connectivity index (χ3v) is 3.33. The van der Waals surface area contributed by atoms with Gasteiger partial charge in [0.25, 0.3) is 0 Å². The zero-order valence-electron chi connectivity index (χ0n) is 9.81. The monoisotopic (exact) mass is 281 g/mol. The van der Waals surface area contributed by atoms with E-state index in [-0.39, 0.29) is 5.91 Å². The van der Waals surface area contributed by atoms with Crippen molar-refractivity contribution in [3.05, 3.63) is 45.1 Å². The van der Waals surface area contributed by atoms with E-state index in [0.29, 0.717) is 18.1 Å². The molecule has 0 bridgehead atoms. The molecule has 0 aliphatic carbocycles. The Hall–Kier alpha value is -1.46. The van der Waals surface area contributed by atoms with Crippen LogP contribution in [0.15, 0.2) is 23.7 Å². The van der Waals surface area contributed by atoms with Gasteiger partial charge in [0.2, 0.25) is 5.91 Å². The number of pyridine rings is 1. The number of thiazole rings is 1. The highest BCUT2D eigenvalue weighted by molar-refractivity contribution is 7.09. The van der Waals surface area contributed by atoms with Gasteiger partial charge in [-0.3, -0.25) is 4.79 Å². The van der Waals surface area contributed by atoms with Crippen molar-refractivity contribution in [2.24, 2.45) is 0 Å². The molecule has 6 heteroatoms. The molecule has 0 saturated heterocycles. The van der Waals surface area contributed by atoms with Gasteiger partial charge in [-0.15, -0.1) is 11.3 Å². The molecular weight excluding hydrogens is 270 g/mol. The third-order valence-electron chi connectivity index (χ3n) is 2.29. The number of aromatic nitrogens is 2. The number of nitrogens with one attached hydrogen (secondary N) is 1. The highest BCUT2D eigenvalue weighted by Gasteiger charge is 2.06. The van der Waals surface area contributed by atoms with Crippen molar-refractivity contribution in [3.8, 4) is 0 Å². The maximum Gasteiger partial charge on any atom is 0.226 e. The Labute approximate surface area is 114 Å². The largest absolute Gasteiger partial charge is 0.352 e. The molecule has 1 N–H and O–H groups in total. The summed E-state index contributed by atoms with van der Waals surface area (Å²) in [6.07, 6.45) is 1.96. The minimum Gasteiger partial charge on any atom is -0.352 e. The van der Waals surface area contributed by atoms with E-state index in [0.717, 1.165) is 16.3 Å². The molecule has 0 radical (unpaired) electrons. The van der Waals surface area contributed by atoms with E-state index >= 15 is 0 Å². The molecule has 2 aromatic heterocycles. The van der Waals surface area contributed by atoms with Crippen LogP contribution in [0.5, 0.6) is 0 Å². The van der Waals surface area contributed by atoms with Crippen LogP contribution in [-0.2, 0) is 17.8 Å². The van der Waals surface area contributed by atoms with Crippen LogP contribution in [0.4, 0.5) is 0 Å². The first-order valence-corrected chi connectivity index (χ1v) is 6.67. The molecule has 0 spiro atoms. The van der Waals surface area contributed by atoms with E-state index in [4.69, 9.17) is 11.6 Å². The van der Waals surface area contributed by atoms with Gasteiger partial charge < -0.3 is 5.32 Å². The highest BCUT2D eigenvalue weighted by atomic mass is 35.5. The molecule has 2 rings (SSSR count). The van der Waals surface area contributed by atoms with Gasteiger partial charge in [-0.2, -0.15) is 0 Å². The maximum absolute atomic E-state index is 11.7. The molecule has 0 aliphatic rings. The van der Waals surface area contributed by atoms with Crippen LogP contribution in [0.3, 0.4) is 0 Å². The summed E-state index contributed by atoms with van der Waals surface area (Å²) in [5.74, 6) is -0.0461. The fraction of sp³-hybridized carbons (Fsp3) is 0.250. The van der Waals surface area contributed by atoms with E-state index in [1.807, 2.05) is 18.4 Å². The lowest BCUT2D eigenvalue weighted by Crippen LogP contribution is -2.24. The van der Waals surface area contributed by atoms with Crippen LogP contribution in [0.1, 0.15) is 16.3 Å². The number of carbonyl (C=O) groups excluding carboxylic acids is 1. The van der Waals surface area contributed by atoms with Gasteiger partial charge in [-0.05, 0) is 18.6 Å². The van der Waals surface area contributed by atoms with E-state index in [9.17, 15) is 4.79 Å². The number of nitrogens with zero attached hydrogens (tertiary/aromatic N) is 2. The third kappa shape index (κ3) is 3.78. The minimum atomic E-state index is -0.0461. The normalized spacial score (nSPS) is 10.3. The number of rotatable bonds is 4. The smallest absolute Gasteiger partial charge is 0.226 e. The van der Waals surface area contributed by atoms with E-state index in [1.54, 1.807) is 23.6 Å². The average molecular weight is 282 g/mol. The molecule has 18 heavy (non-hydrogen) atoms. The molecular formula is C12H12ClN3OS. The Balaban J connectivity index is 1.83. The van der Waals surface area contributed by atoms with Crippen LogP contribution >= 0.6 is 22.9 Å². The average Bonchev–Trinajstić information content (AvgIpc) is 2.74. The second-order valence-corrected chi connectivity index (χ2v) is 5.25. The molecule has 0 saturated carbocycles. The fourth-order valence-corrected chi connectivity index (χ4v) is 2.15. The van der Waals surface area contributed by atoms with Crippen molar-refractivity contribution in [2.45, 2.75) is 19.9 Å². The van der Waals surface area contributed by atoms with Gasteiger partial charge in [-0.25, -0.2) is 9.97 Å². The minimum absolute atomic E-state index is 0.0461. The molecule has 0 aliphatic heterocycles. The van der Waals surface area contributed by atoms with Crippen molar-refractivity contribution < 1.29 is 4.79 Å².